The van der Waals surface area contributed by atoms with E-state index in [1.54, 1.807) is 6.08 Å². The summed E-state index contributed by atoms with van der Waals surface area (Å²) >= 11 is 0. The second-order valence-corrected chi connectivity index (χ2v) is 3.70. The van der Waals surface area contributed by atoms with E-state index in [4.69, 9.17) is 10.6 Å². The summed E-state index contributed by atoms with van der Waals surface area (Å²) in [7, 11) is 0. The van der Waals surface area contributed by atoms with Crippen LogP contribution in [0.1, 0.15) is 6.92 Å². The number of hydrogen-bond donors (Lipinski definition) is 2. The fraction of sp³-hybridized carbons (Fsp3) is 0.333. The molecule has 2 unspecified atom stereocenters. The smallest absolute Gasteiger partial charge is 0.296 e. The molecule has 0 aromatic carbocycles. The predicted molar refractivity (Wildman–Crippen MR) is 58.3 cm³/mol. The van der Waals surface area contributed by atoms with Crippen molar-refractivity contribution in [2.24, 2.45) is 5.16 Å². The first kappa shape index (κ1) is 10.5. The third kappa shape index (κ3) is 1.50. The van der Waals surface area contributed by atoms with E-state index in [1.165, 1.54) is 6.08 Å². The van der Waals surface area contributed by atoms with Gasteiger partial charge in [-0.2, -0.15) is 0 Å². The van der Waals surface area contributed by atoms with Crippen LogP contribution in [0, 0.1) is 15.5 Å². The van der Waals surface area contributed by atoms with Crippen molar-refractivity contribution >= 4 is 11.4 Å². The van der Waals surface area contributed by atoms with Crippen molar-refractivity contribution in [1.82, 2.24) is 5.32 Å². The summed E-state index contributed by atoms with van der Waals surface area (Å²) < 4.78 is 0. The fourth-order valence-corrected chi connectivity index (χ4v) is 1.71. The second-order valence-electron chi connectivity index (χ2n) is 3.70. The Morgan fingerprint density at radius 3 is 2.69 bits per heavy atom. The molecule has 0 radical (unpaired) electrons. The molecule has 1 aliphatic carbocycles. The molecule has 0 amide bonds. The van der Waals surface area contributed by atoms with Crippen LogP contribution in [0.4, 0.5) is 0 Å². The number of hydrogen-bond acceptors (Lipinski definition) is 5. The zero-order valence-electron chi connectivity index (χ0n) is 8.52. The van der Waals surface area contributed by atoms with E-state index < -0.39 is 4.92 Å². The maximum atomic E-state index is 10.6. The summed E-state index contributed by atoms with van der Waals surface area (Å²) in [6.07, 6.45) is 2.85. The molecule has 0 bridgehead atoms. The predicted octanol–water partition coefficient (Wildman–Crippen LogP) is -0.452. The van der Waals surface area contributed by atoms with Crippen molar-refractivity contribution in [3.8, 4) is 0 Å². The molecule has 7 nitrogen and oxygen atoms in total. The second kappa shape index (κ2) is 3.53. The van der Waals surface area contributed by atoms with Gasteiger partial charge < -0.3 is 10.5 Å². The van der Waals surface area contributed by atoms with E-state index in [9.17, 15) is 10.1 Å². The van der Waals surface area contributed by atoms with Crippen LogP contribution in [0.25, 0.3) is 0 Å². The largest absolute Gasteiger partial charge is 0.469 e. The molecule has 1 fully saturated rings. The molecule has 1 heterocycles. The van der Waals surface area contributed by atoms with Gasteiger partial charge in [-0.05, 0) is 13.0 Å². The Labute approximate surface area is 90.8 Å². The molecule has 0 saturated carbocycles. The molecular formula is C9H11N4O3+. The van der Waals surface area contributed by atoms with Crippen LogP contribution in [-0.2, 0) is 0 Å². The Bertz CT molecular complexity index is 463. The Balaban J connectivity index is 2.39. The minimum Gasteiger partial charge on any atom is -0.469 e. The van der Waals surface area contributed by atoms with Crippen LogP contribution in [0.3, 0.4) is 0 Å². The zero-order valence-corrected chi connectivity index (χ0v) is 8.52. The molecule has 2 aliphatic rings. The Morgan fingerprint density at radius 1 is 1.62 bits per heavy atom. The van der Waals surface area contributed by atoms with Crippen LogP contribution < -0.4 is 5.32 Å². The minimum atomic E-state index is -0.634. The zero-order chi connectivity index (χ0) is 11.9. The molecule has 4 N–H and O–H groups in total. The van der Waals surface area contributed by atoms with Gasteiger partial charge in [0, 0.05) is 17.7 Å². The molecule has 0 spiro atoms. The fourth-order valence-electron chi connectivity index (χ4n) is 1.71. The third-order valence-electron chi connectivity index (χ3n) is 2.66. The summed E-state index contributed by atoms with van der Waals surface area (Å²) in [5.74, 6) is 0. The average Bonchev–Trinajstić information content (AvgIpc) is 2.94. The molecule has 1 saturated heterocycles. The van der Waals surface area contributed by atoms with E-state index in [-0.39, 0.29) is 29.2 Å². The highest BCUT2D eigenvalue weighted by Crippen LogP contribution is 2.25. The van der Waals surface area contributed by atoms with Crippen LogP contribution in [0.5, 0.6) is 0 Å². The van der Waals surface area contributed by atoms with E-state index in [1.807, 2.05) is 6.92 Å². The van der Waals surface area contributed by atoms with E-state index >= 15 is 0 Å². The van der Waals surface area contributed by atoms with Gasteiger partial charge in [-0.25, -0.2) is 0 Å². The highest BCUT2D eigenvalue weighted by Gasteiger charge is 2.42. The van der Waals surface area contributed by atoms with Gasteiger partial charge in [0.1, 0.15) is 0 Å². The molecule has 0 aromatic heterocycles. The molecule has 0 aromatic rings. The standard InChI is InChI=1S/C9H10N4O3/c1-4-8(11-4)5-2-3-6(13(15)16)7(10)9(5)12-14/h2-4,8,10-11,14H,1H3/p+1/b10-7?,12-9-. The maximum absolute atomic E-state index is 10.6. The lowest BCUT2D eigenvalue weighted by atomic mass is 9.94. The number of allylic oxidation sites excluding steroid dienone is 3. The quantitative estimate of drug-likeness (QED) is 0.216. The molecule has 1 aliphatic heterocycles. The molecule has 7 heteroatoms. The topological polar surface area (TPSA) is 124 Å². The number of rotatable bonds is 2. The van der Waals surface area contributed by atoms with Crippen LogP contribution in [-0.4, -0.2) is 33.6 Å². The average molecular weight is 223 g/mol. The van der Waals surface area contributed by atoms with Gasteiger partial charge in [-0.1, -0.05) is 0 Å². The molecular weight excluding hydrogens is 212 g/mol. The maximum Gasteiger partial charge on any atom is 0.296 e. The van der Waals surface area contributed by atoms with Gasteiger partial charge in [0.05, 0.1) is 16.1 Å². The SMILES string of the molecule is CC1NC1C1=CC=C([N+](=O)[O-])C(=N)/C1=N\[OH2+]. The van der Waals surface area contributed by atoms with Gasteiger partial charge >= 0.3 is 0 Å². The first-order chi connectivity index (χ1) is 7.56. The van der Waals surface area contributed by atoms with Crippen molar-refractivity contribution in [2.75, 3.05) is 0 Å². The summed E-state index contributed by atoms with van der Waals surface area (Å²) in [6, 6.07) is 0.315. The van der Waals surface area contributed by atoms with E-state index in [2.05, 4.69) is 10.5 Å². The minimum absolute atomic E-state index is 0.0500. The van der Waals surface area contributed by atoms with Gasteiger partial charge in [-0.3, -0.25) is 15.5 Å². The highest BCUT2D eigenvalue weighted by molar-refractivity contribution is 6.52. The molecule has 84 valence electrons. The summed E-state index contributed by atoms with van der Waals surface area (Å²) in [5.41, 5.74) is 0.149. The first-order valence-electron chi connectivity index (χ1n) is 4.72. The van der Waals surface area contributed by atoms with Crippen molar-refractivity contribution in [1.29, 1.82) is 5.41 Å². The normalized spacial score (nSPS) is 31.1. The van der Waals surface area contributed by atoms with E-state index in [0.717, 1.165) is 0 Å². The van der Waals surface area contributed by atoms with Gasteiger partial charge in [-0.15, -0.1) is 0 Å². The van der Waals surface area contributed by atoms with Crippen LogP contribution >= 0.6 is 0 Å². The highest BCUT2D eigenvalue weighted by atomic mass is 16.6. The Hall–Kier alpha value is -2.02. The van der Waals surface area contributed by atoms with Crippen LogP contribution in [0.2, 0.25) is 0 Å². The Morgan fingerprint density at radius 2 is 2.25 bits per heavy atom. The number of nitrogens with zero attached hydrogens (tertiary/aromatic N) is 2. The van der Waals surface area contributed by atoms with Crippen molar-refractivity contribution in [3.63, 3.8) is 0 Å². The van der Waals surface area contributed by atoms with Gasteiger partial charge in [0.25, 0.3) is 5.70 Å². The van der Waals surface area contributed by atoms with Crippen LogP contribution in [0.15, 0.2) is 28.6 Å². The number of nitro groups is 1. The lowest BCUT2D eigenvalue weighted by Crippen LogP contribution is -2.27. The summed E-state index contributed by atoms with van der Waals surface area (Å²) in [5, 5.41) is 31.6. The molecule has 2 atom stereocenters. The lowest BCUT2D eigenvalue weighted by molar-refractivity contribution is -0.414. The van der Waals surface area contributed by atoms with Gasteiger partial charge in [0.2, 0.25) is 0 Å². The lowest BCUT2D eigenvalue weighted by Gasteiger charge is -2.09. The third-order valence-corrected chi connectivity index (χ3v) is 2.66. The van der Waals surface area contributed by atoms with Crippen molar-refractivity contribution in [3.05, 3.63) is 33.5 Å². The molecule has 16 heavy (non-hydrogen) atoms. The summed E-state index contributed by atoms with van der Waals surface area (Å²) in [6.45, 7) is 1.96. The molecule has 2 rings (SSSR count). The number of nitrogens with one attached hydrogen (secondary N) is 2. The summed E-state index contributed by atoms with van der Waals surface area (Å²) in [4.78, 5) is 9.98. The van der Waals surface area contributed by atoms with Gasteiger partial charge in [0.15, 0.2) is 11.4 Å². The first-order valence-corrected chi connectivity index (χ1v) is 4.72. The van der Waals surface area contributed by atoms with Crippen molar-refractivity contribution < 1.29 is 10.1 Å². The monoisotopic (exact) mass is 223 g/mol. The van der Waals surface area contributed by atoms with Crippen molar-refractivity contribution in [2.45, 2.75) is 19.0 Å². The Kier molecular flexibility index (Phi) is 2.31. The van der Waals surface area contributed by atoms with E-state index in [0.29, 0.717) is 5.57 Å².